The number of aliphatic hydroxyl groups excluding tert-OH is 1. The number of hydrogen-bond donors (Lipinski definition) is 2. The highest BCUT2D eigenvalue weighted by Crippen LogP contribution is 2.18. The number of hydrogen-bond acceptors (Lipinski definition) is 8. The quantitative estimate of drug-likeness (QED) is 0.495. The third-order valence-corrected chi connectivity index (χ3v) is 4.42. The van der Waals surface area contributed by atoms with Crippen LogP contribution in [0.3, 0.4) is 0 Å². The van der Waals surface area contributed by atoms with Gasteiger partial charge in [0.1, 0.15) is 17.3 Å². The molecule has 142 valence electrons. The van der Waals surface area contributed by atoms with Crippen LogP contribution in [0.15, 0.2) is 20.8 Å². The van der Waals surface area contributed by atoms with Gasteiger partial charge in [0.2, 0.25) is 0 Å². The molecule has 0 aliphatic carbocycles. The lowest BCUT2D eigenvalue weighted by atomic mass is 10.4. The number of nitrogens with one attached hydrogen (secondary N) is 1. The van der Waals surface area contributed by atoms with Gasteiger partial charge in [-0.1, -0.05) is 0 Å². The van der Waals surface area contributed by atoms with E-state index in [1.807, 2.05) is 13.8 Å². The monoisotopic (exact) mass is 381 g/mol. The number of aliphatic hydroxyl groups is 1. The maximum Gasteiger partial charge on any atom is 0.332 e. The molecule has 0 aliphatic heterocycles. The highest BCUT2D eigenvalue weighted by molar-refractivity contribution is 7.11. The lowest BCUT2D eigenvalue weighted by molar-refractivity contribution is 0.277. The van der Waals surface area contributed by atoms with Gasteiger partial charge in [-0.05, 0) is 20.3 Å². The predicted octanol–water partition coefficient (Wildman–Crippen LogP) is 1.00. The summed E-state index contributed by atoms with van der Waals surface area (Å²) in [5, 5.41) is 12.7. The maximum absolute atomic E-state index is 12.6. The molecule has 9 nitrogen and oxygen atoms in total. The van der Waals surface area contributed by atoms with Crippen molar-refractivity contribution in [2.24, 2.45) is 12.0 Å². The predicted molar refractivity (Wildman–Crippen MR) is 102 cm³/mol. The van der Waals surface area contributed by atoms with Crippen molar-refractivity contribution in [3.8, 4) is 0 Å². The summed E-state index contributed by atoms with van der Waals surface area (Å²) in [5.41, 5.74) is -0.739. The molecule has 0 saturated heterocycles. The van der Waals surface area contributed by atoms with Crippen LogP contribution in [0.1, 0.15) is 23.2 Å². The van der Waals surface area contributed by atoms with Gasteiger partial charge in [-0.3, -0.25) is 13.9 Å². The second kappa shape index (κ2) is 9.30. The molecule has 26 heavy (non-hydrogen) atoms. The van der Waals surface area contributed by atoms with E-state index in [1.54, 1.807) is 6.20 Å². The molecule has 0 atom stereocenters. The van der Waals surface area contributed by atoms with Crippen LogP contribution in [0.5, 0.6) is 0 Å². The van der Waals surface area contributed by atoms with Crippen LogP contribution < -0.4 is 16.6 Å². The number of aryl methyl sites for hydroxylation is 1. The van der Waals surface area contributed by atoms with Crippen LogP contribution in [0.2, 0.25) is 0 Å². The van der Waals surface area contributed by atoms with Crippen molar-refractivity contribution in [3.63, 3.8) is 0 Å². The van der Waals surface area contributed by atoms with Gasteiger partial charge in [-0.2, -0.15) is 0 Å². The Morgan fingerprint density at radius 3 is 2.85 bits per heavy atom. The van der Waals surface area contributed by atoms with Crippen molar-refractivity contribution in [2.75, 3.05) is 18.5 Å². The molecule has 0 fully saturated rings. The Hall–Kier alpha value is -2.46. The molecular weight excluding hydrogens is 358 g/mol. The molecule has 0 amide bonds. The second-order valence-corrected chi connectivity index (χ2v) is 6.83. The third-order valence-electron chi connectivity index (χ3n) is 3.54. The first-order valence-electron chi connectivity index (χ1n) is 8.23. The van der Waals surface area contributed by atoms with Gasteiger partial charge in [0.25, 0.3) is 5.56 Å². The Labute approximate surface area is 154 Å². The summed E-state index contributed by atoms with van der Waals surface area (Å²) in [7, 11) is 1.54. The minimum atomic E-state index is -0.493. The zero-order valence-corrected chi connectivity index (χ0v) is 15.9. The summed E-state index contributed by atoms with van der Waals surface area (Å²) >= 11 is 1.52. The van der Waals surface area contributed by atoms with E-state index in [-0.39, 0.29) is 31.3 Å². The van der Waals surface area contributed by atoms with Crippen molar-refractivity contribution in [3.05, 3.63) is 36.9 Å². The van der Waals surface area contributed by atoms with E-state index in [4.69, 9.17) is 9.84 Å². The lowest BCUT2D eigenvalue weighted by Gasteiger charge is -2.14. The Morgan fingerprint density at radius 2 is 2.23 bits per heavy atom. The van der Waals surface area contributed by atoms with Crippen molar-refractivity contribution in [2.45, 2.75) is 33.4 Å². The van der Waals surface area contributed by atoms with Crippen LogP contribution in [0.4, 0.5) is 11.5 Å². The number of nitrogens with zero attached hydrogens (tertiary/aromatic N) is 4. The first-order chi connectivity index (χ1) is 12.5. The maximum atomic E-state index is 12.6. The van der Waals surface area contributed by atoms with E-state index < -0.39 is 11.2 Å². The highest BCUT2D eigenvalue weighted by Gasteiger charge is 2.16. The summed E-state index contributed by atoms with van der Waals surface area (Å²) in [6.07, 6.45) is 3.29. The second-order valence-electron chi connectivity index (χ2n) is 5.51. The van der Waals surface area contributed by atoms with E-state index in [2.05, 4.69) is 15.3 Å². The molecule has 2 heterocycles. The summed E-state index contributed by atoms with van der Waals surface area (Å²) < 4.78 is 7.74. The molecule has 0 aromatic carbocycles. The number of anilines is 1. The van der Waals surface area contributed by atoms with Crippen LogP contribution in [-0.4, -0.2) is 38.8 Å². The Morgan fingerprint density at radius 1 is 1.46 bits per heavy atom. The molecule has 0 unspecified atom stereocenters. The first-order valence-corrected chi connectivity index (χ1v) is 9.05. The average molecular weight is 381 g/mol. The van der Waals surface area contributed by atoms with Crippen molar-refractivity contribution >= 4 is 29.2 Å². The first kappa shape index (κ1) is 19.9. The minimum absolute atomic E-state index is 0.101. The molecule has 0 bridgehead atoms. The highest BCUT2D eigenvalue weighted by atomic mass is 32.1. The number of rotatable bonds is 9. The van der Waals surface area contributed by atoms with E-state index in [0.717, 1.165) is 14.5 Å². The van der Waals surface area contributed by atoms with Gasteiger partial charge in [-0.25, -0.2) is 14.8 Å². The van der Waals surface area contributed by atoms with Gasteiger partial charge in [0, 0.05) is 37.8 Å². The van der Waals surface area contributed by atoms with Crippen LogP contribution >= 0.6 is 11.3 Å². The largest absolute Gasteiger partial charge is 0.476 e. The van der Waals surface area contributed by atoms with E-state index in [9.17, 15) is 9.59 Å². The molecule has 10 heteroatoms. The zero-order valence-electron chi connectivity index (χ0n) is 15.1. The van der Waals surface area contributed by atoms with Crippen molar-refractivity contribution < 1.29 is 9.84 Å². The molecule has 0 aliphatic rings. The van der Waals surface area contributed by atoms with Crippen LogP contribution in [-0.2, 0) is 24.9 Å². The van der Waals surface area contributed by atoms with Gasteiger partial charge in [0.15, 0.2) is 12.2 Å². The topological polar surface area (TPSA) is 111 Å². The Balaban J connectivity index is 2.29. The molecule has 0 radical (unpaired) electrons. The fourth-order valence-electron chi connectivity index (χ4n) is 2.33. The van der Waals surface area contributed by atoms with Crippen LogP contribution in [0.25, 0.3) is 0 Å². The van der Waals surface area contributed by atoms with E-state index in [0.29, 0.717) is 13.0 Å². The summed E-state index contributed by atoms with van der Waals surface area (Å²) in [5.74, 6) is 0.192. The van der Waals surface area contributed by atoms with E-state index in [1.165, 1.54) is 29.4 Å². The number of aromatic nitrogens is 3. The summed E-state index contributed by atoms with van der Waals surface area (Å²) in [6, 6.07) is 0. The fraction of sp³-hybridized carbons (Fsp3) is 0.500. The van der Waals surface area contributed by atoms with Crippen molar-refractivity contribution in [1.82, 2.24) is 14.1 Å². The SMILES string of the molecule is CCNc1c(N=COCc2ncc(C)s2)n(C)c(=O)n(CCCO)c1=O. The molecule has 0 saturated carbocycles. The minimum Gasteiger partial charge on any atom is -0.476 e. The van der Waals surface area contributed by atoms with Gasteiger partial charge in [0.05, 0.1) is 0 Å². The number of thiazole rings is 1. The summed E-state index contributed by atoms with van der Waals surface area (Å²) in [6.45, 7) is 4.60. The molecule has 2 aromatic rings. The molecule has 0 spiro atoms. The van der Waals surface area contributed by atoms with Crippen LogP contribution in [0, 0.1) is 6.92 Å². The molecular formula is C16H23N5O4S. The van der Waals surface area contributed by atoms with Crippen molar-refractivity contribution in [1.29, 1.82) is 0 Å². The van der Waals surface area contributed by atoms with Gasteiger partial charge < -0.3 is 15.2 Å². The fourth-order valence-corrected chi connectivity index (χ4v) is 3.04. The Bertz CT molecular complexity index is 884. The molecule has 2 aromatic heterocycles. The molecule has 2 N–H and O–H groups in total. The third kappa shape index (κ3) is 4.58. The van der Waals surface area contributed by atoms with Gasteiger partial charge in [-0.15, -0.1) is 11.3 Å². The average Bonchev–Trinajstić information content (AvgIpc) is 3.04. The molecule has 2 rings (SSSR count). The standard InChI is InChI=1S/C16H23N5O4S/c1-4-17-13-14(19-10-25-9-12-18-8-11(2)26-12)20(3)16(24)21(15(13)23)6-5-7-22/h8,10,17,22H,4-7,9H2,1-3H3. The zero-order chi connectivity index (χ0) is 19.1. The number of ether oxygens (including phenoxy) is 1. The smallest absolute Gasteiger partial charge is 0.332 e. The Kier molecular flexibility index (Phi) is 7.10. The summed E-state index contributed by atoms with van der Waals surface area (Å²) in [4.78, 5) is 34.4. The van der Waals surface area contributed by atoms with Gasteiger partial charge >= 0.3 is 5.69 Å². The van der Waals surface area contributed by atoms with E-state index >= 15 is 0 Å². The normalized spacial score (nSPS) is 11.2. The lowest BCUT2D eigenvalue weighted by Crippen LogP contribution is -2.40. The number of aliphatic imine (C=N–C) groups is 1.